The largest absolute Gasteiger partial charge is 0.406 e. The van der Waals surface area contributed by atoms with Gasteiger partial charge in [-0.2, -0.15) is 13.2 Å². The molecule has 0 heterocycles. The van der Waals surface area contributed by atoms with Crippen LogP contribution in [-0.4, -0.2) is 30.1 Å². The number of carbonyl (C=O) groups is 1. The zero-order valence-electron chi connectivity index (χ0n) is 10.5. The second kappa shape index (κ2) is 6.80. The second-order valence-corrected chi connectivity index (χ2v) is 4.64. The Bertz CT molecular complexity index is 417. The van der Waals surface area contributed by atoms with Crippen LogP contribution in [0.15, 0.2) is 24.3 Å². The Morgan fingerprint density at radius 1 is 1.26 bits per heavy atom. The van der Waals surface area contributed by atoms with Crippen LogP contribution in [0.2, 0.25) is 5.02 Å². The van der Waals surface area contributed by atoms with Crippen molar-refractivity contribution in [2.45, 2.75) is 25.9 Å². The molecule has 106 valence electrons. The van der Waals surface area contributed by atoms with Gasteiger partial charge in [0.05, 0.1) is 0 Å². The van der Waals surface area contributed by atoms with Gasteiger partial charge in [0.25, 0.3) is 5.91 Å². The van der Waals surface area contributed by atoms with Crippen molar-refractivity contribution in [2.75, 3.05) is 13.1 Å². The highest BCUT2D eigenvalue weighted by molar-refractivity contribution is 6.30. The van der Waals surface area contributed by atoms with Crippen molar-refractivity contribution in [1.82, 2.24) is 4.90 Å². The number of unbranched alkanes of at least 4 members (excludes halogenated alkanes) is 1. The number of alkyl halides is 3. The zero-order chi connectivity index (χ0) is 14.5. The minimum absolute atomic E-state index is 0.0947. The third-order valence-corrected chi connectivity index (χ3v) is 2.78. The smallest absolute Gasteiger partial charge is 0.330 e. The standard InChI is InChI=1S/C13H15ClF3NO/c1-2-3-8-18(9-13(15,16)17)12(19)10-4-6-11(14)7-5-10/h4-7H,2-3,8-9H2,1H3. The molecule has 1 amide bonds. The Labute approximate surface area is 115 Å². The van der Waals surface area contributed by atoms with Crippen LogP contribution in [0.5, 0.6) is 0 Å². The van der Waals surface area contributed by atoms with Gasteiger partial charge in [0.1, 0.15) is 6.54 Å². The van der Waals surface area contributed by atoms with Gasteiger partial charge in [0.2, 0.25) is 0 Å². The fourth-order valence-corrected chi connectivity index (χ4v) is 1.72. The lowest BCUT2D eigenvalue weighted by Gasteiger charge is -2.24. The second-order valence-electron chi connectivity index (χ2n) is 4.20. The zero-order valence-corrected chi connectivity index (χ0v) is 11.3. The number of hydrogen-bond acceptors (Lipinski definition) is 1. The summed E-state index contributed by atoms with van der Waals surface area (Å²) in [5.74, 6) is -0.623. The molecule has 1 rings (SSSR count). The molecule has 1 aromatic carbocycles. The molecular weight excluding hydrogens is 279 g/mol. The molecular formula is C13H15ClF3NO. The van der Waals surface area contributed by atoms with Crippen molar-refractivity contribution in [3.63, 3.8) is 0 Å². The van der Waals surface area contributed by atoms with E-state index in [1.165, 1.54) is 24.3 Å². The van der Waals surface area contributed by atoms with Crippen LogP contribution in [0.3, 0.4) is 0 Å². The lowest BCUT2D eigenvalue weighted by atomic mass is 10.2. The Morgan fingerprint density at radius 2 is 1.84 bits per heavy atom. The van der Waals surface area contributed by atoms with Crippen molar-refractivity contribution in [2.24, 2.45) is 0 Å². The molecule has 0 bridgehead atoms. The number of hydrogen-bond donors (Lipinski definition) is 0. The number of nitrogens with zero attached hydrogens (tertiary/aromatic N) is 1. The van der Waals surface area contributed by atoms with E-state index in [9.17, 15) is 18.0 Å². The van der Waals surface area contributed by atoms with E-state index in [0.717, 1.165) is 11.3 Å². The Kier molecular flexibility index (Phi) is 5.66. The summed E-state index contributed by atoms with van der Waals surface area (Å²) in [5.41, 5.74) is 0.213. The molecule has 19 heavy (non-hydrogen) atoms. The van der Waals surface area contributed by atoms with Gasteiger partial charge in [-0.3, -0.25) is 4.79 Å². The predicted molar refractivity (Wildman–Crippen MR) is 68.3 cm³/mol. The maximum absolute atomic E-state index is 12.5. The molecule has 0 saturated heterocycles. The van der Waals surface area contributed by atoms with Crippen LogP contribution in [0, 0.1) is 0 Å². The molecule has 0 spiro atoms. The number of halogens is 4. The van der Waals surface area contributed by atoms with E-state index >= 15 is 0 Å². The van der Waals surface area contributed by atoms with E-state index in [1.54, 1.807) is 0 Å². The van der Waals surface area contributed by atoms with E-state index in [4.69, 9.17) is 11.6 Å². The number of rotatable bonds is 5. The quantitative estimate of drug-likeness (QED) is 0.799. The van der Waals surface area contributed by atoms with Gasteiger partial charge in [0.15, 0.2) is 0 Å². The van der Waals surface area contributed by atoms with Crippen molar-refractivity contribution in [1.29, 1.82) is 0 Å². The first-order valence-corrected chi connectivity index (χ1v) is 6.33. The summed E-state index contributed by atoms with van der Waals surface area (Å²) in [4.78, 5) is 12.8. The Hall–Kier alpha value is -1.23. The fourth-order valence-electron chi connectivity index (χ4n) is 1.59. The van der Waals surface area contributed by atoms with Crippen molar-refractivity contribution >= 4 is 17.5 Å². The number of carbonyl (C=O) groups excluding carboxylic acids is 1. The summed E-state index contributed by atoms with van der Waals surface area (Å²) in [5, 5.41) is 0.437. The number of amides is 1. The monoisotopic (exact) mass is 293 g/mol. The molecule has 0 atom stereocenters. The first-order valence-electron chi connectivity index (χ1n) is 5.95. The summed E-state index contributed by atoms with van der Waals surface area (Å²) in [7, 11) is 0. The third kappa shape index (κ3) is 5.51. The van der Waals surface area contributed by atoms with Gasteiger partial charge in [0, 0.05) is 17.1 Å². The van der Waals surface area contributed by atoms with Crippen molar-refractivity contribution in [3.05, 3.63) is 34.9 Å². The minimum Gasteiger partial charge on any atom is -0.330 e. The Morgan fingerprint density at radius 3 is 2.32 bits per heavy atom. The van der Waals surface area contributed by atoms with Gasteiger partial charge in [-0.25, -0.2) is 0 Å². The summed E-state index contributed by atoms with van der Waals surface area (Å²) < 4.78 is 37.4. The highest BCUT2D eigenvalue weighted by Gasteiger charge is 2.33. The summed E-state index contributed by atoms with van der Waals surface area (Å²) in [6.45, 7) is 0.727. The van der Waals surface area contributed by atoms with Crippen LogP contribution in [0.1, 0.15) is 30.1 Å². The molecule has 0 fully saturated rings. The van der Waals surface area contributed by atoms with Gasteiger partial charge < -0.3 is 4.90 Å². The summed E-state index contributed by atoms with van der Waals surface area (Å²) >= 11 is 5.68. The average molecular weight is 294 g/mol. The average Bonchev–Trinajstić information content (AvgIpc) is 2.33. The molecule has 0 N–H and O–H groups in total. The fraction of sp³-hybridized carbons (Fsp3) is 0.462. The van der Waals surface area contributed by atoms with E-state index in [1.807, 2.05) is 6.92 Å². The van der Waals surface area contributed by atoms with Crippen molar-refractivity contribution < 1.29 is 18.0 Å². The molecule has 2 nitrogen and oxygen atoms in total. The molecule has 0 aliphatic heterocycles. The predicted octanol–water partition coefficient (Wildman–Crippen LogP) is 4.14. The molecule has 0 unspecified atom stereocenters. The SMILES string of the molecule is CCCCN(CC(F)(F)F)C(=O)c1ccc(Cl)cc1. The highest BCUT2D eigenvalue weighted by Crippen LogP contribution is 2.19. The van der Waals surface area contributed by atoms with Gasteiger partial charge in [-0.05, 0) is 30.7 Å². The summed E-state index contributed by atoms with van der Waals surface area (Å²) in [6, 6.07) is 5.83. The minimum atomic E-state index is -4.39. The van der Waals surface area contributed by atoms with Crippen LogP contribution in [0.25, 0.3) is 0 Å². The molecule has 0 aliphatic carbocycles. The topological polar surface area (TPSA) is 20.3 Å². The Balaban J connectivity index is 2.83. The van der Waals surface area contributed by atoms with Gasteiger partial charge in [-0.15, -0.1) is 0 Å². The number of benzene rings is 1. The van der Waals surface area contributed by atoms with Crippen LogP contribution in [0.4, 0.5) is 13.2 Å². The van der Waals surface area contributed by atoms with Crippen LogP contribution in [-0.2, 0) is 0 Å². The first-order chi connectivity index (χ1) is 8.83. The molecule has 0 radical (unpaired) electrons. The molecule has 0 saturated carbocycles. The molecule has 0 aliphatic rings. The third-order valence-electron chi connectivity index (χ3n) is 2.53. The molecule has 1 aromatic rings. The normalized spacial score (nSPS) is 11.4. The van der Waals surface area contributed by atoms with Crippen molar-refractivity contribution in [3.8, 4) is 0 Å². The summed E-state index contributed by atoms with van der Waals surface area (Å²) in [6.07, 6.45) is -3.13. The lowest BCUT2D eigenvalue weighted by molar-refractivity contribution is -0.140. The lowest BCUT2D eigenvalue weighted by Crippen LogP contribution is -2.39. The highest BCUT2D eigenvalue weighted by atomic mass is 35.5. The maximum atomic E-state index is 12.5. The first kappa shape index (κ1) is 15.8. The van der Waals surface area contributed by atoms with E-state index < -0.39 is 18.6 Å². The van der Waals surface area contributed by atoms with Gasteiger partial charge >= 0.3 is 6.18 Å². The molecule has 0 aromatic heterocycles. The molecule has 6 heteroatoms. The van der Waals surface area contributed by atoms with E-state index in [0.29, 0.717) is 11.4 Å². The van der Waals surface area contributed by atoms with E-state index in [-0.39, 0.29) is 12.1 Å². The van der Waals surface area contributed by atoms with Crippen LogP contribution >= 0.6 is 11.6 Å². The van der Waals surface area contributed by atoms with Crippen LogP contribution < -0.4 is 0 Å². The maximum Gasteiger partial charge on any atom is 0.406 e. The van der Waals surface area contributed by atoms with Gasteiger partial charge in [-0.1, -0.05) is 24.9 Å². The van der Waals surface area contributed by atoms with E-state index in [2.05, 4.69) is 0 Å².